The fourth-order valence-electron chi connectivity index (χ4n) is 1.42. The topological polar surface area (TPSA) is 59.2 Å². The normalized spacial score (nSPS) is 13.4. The van der Waals surface area contributed by atoms with Gasteiger partial charge in [-0.25, -0.2) is 0 Å². The first-order chi connectivity index (χ1) is 9.86. The number of aromatic nitrogens is 2. The molecule has 0 spiro atoms. The Morgan fingerprint density at radius 2 is 2.05 bits per heavy atom. The van der Waals surface area contributed by atoms with E-state index >= 15 is 0 Å². The van der Waals surface area contributed by atoms with Gasteiger partial charge in [0.2, 0.25) is 5.89 Å². The molecule has 1 N–H and O–H groups in total. The Labute approximate surface area is 127 Å². The van der Waals surface area contributed by atoms with Gasteiger partial charge in [-0.15, -0.1) is 11.8 Å². The molecular weight excluding hydrogens is 329 g/mol. The van der Waals surface area contributed by atoms with Crippen LogP contribution in [0.25, 0.3) is 0 Å². The second kappa shape index (κ2) is 6.67. The zero-order chi connectivity index (χ0) is 15.5. The molecule has 0 amide bonds. The molecule has 0 aliphatic carbocycles. The van der Waals surface area contributed by atoms with E-state index in [1.54, 1.807) is 18.2 Å². The zero-order valence-corrected chi connectivity index (χ0v) is 12.0. The molecule has 2 aromatic rings. The van der Waals surface area contributed by atoms with Gasteiger partial charge in [-0.2, -0.15) is 18.2 Å². The lowest BCUT2D eigenvalue weighted by Gasteiger charge is -2.11. The third-order valence-electron chi connectivity index (χ3n) is 2.45. The monoisotopic (exact) mass is 338 g/mol. The molecule has 2 rings (SSSR count). The number of nitrogens with zero attached hydrogens (tertiary/aromatic N) is 2. The predicted octanol–water partition coefficient (Wildman–Crippen LogP) is 3.48. The maximum atomic E-state index is 12.2. The standard InChI is InChI=1S/C12H10ClF3N2O2S/c13-7-3-1-2-4-8(7)21-6-10-17-11(20-18-10)5-9(19)12(14,15)16/h1-4,9,19H,5-6H2. The molecule has 1 unspecified atom stereocenters. The van der Waals surface area contributed by atoms with Crippen LogP contribution in [0.5, 0.6) is 0 Å². The number of benzene rings is 1. The second-order valence-electron chi connectivity index (χ2n) is 4.08. The van der Waals surface area contributed by atoms with Crippen LogP contribution in [0.3, 0.4) is 0 Å². The van der Waals surface area contributed by atoms with Crippen molar-refractivity contribution < 1.29 is 22.8 Å². The van der Waals surface area contributed by atoms with Crippen LogP contribution in [0.1, 0.15) is 11.7 Å². The number of halogens is 4. The van der Waals surface area contributed by atoms with E-state index in [1.807, 2.05) is 6.07 Å². The van der Waals surface area contributed by atoms with Crippen molar-refractivity contribution in [1.82, 2.24) is 10.1 Å². The fourth-order valence-corrected chi connectivity index (χ4v) is 2.50. The Bertz CT molecular complexity index is 606. The molecule has 9 heteroatoms. The summed E-state index contributed by atoms with van der Waals surface area (Å²) in [6.07, 6.45) is -7.98. The van der Waals surface area contributed by atoms with Crippen molar-refractivity contribution >= 4 is 23.4 Å². The molecule has 4 nitrogen and oxygen atoms in total. The summed E-state index contributed by atoms with van der Waals surface area (Å²) in [5.41, 5.74) is 0. The van der Waals surface area contributed by atoms with Gasteiger partial charge in [0.1, 0.15) is 0 Å². The van der Waals surface area contributed by atoms with Gasteiger partial charge in [0, 0.05) is 4.90 Å². The second-order valence-corrected chi connectivity index (χ2v) is 5.51. The first-order valence-corrected chi connectivity index (χ1v) is 7.16. The lowest BCUT2D eigenvalue weighted by atomic mass is 10.2. The van der Waals surface area contributed by atoms with Crippen molar-refractivity contribution in [3.63, 3.8) is 0 Å². The fraction of sp³-hybridized carbons (Fsp3) is 0.333. The summed E-state index contributed by atoms with van der Waals surface area (Å²) in [4.78, 5) is 4.61. The van der Waals surface area contributed by atoms with Crippen LogP contribution in [0.2, 0.25) is 5.02 Å². The molecule has 0 aliphatic heterocycles. The summed E-state index contributed by atoms with van der Waals surface area (Å²) in [6, 6.07) is 7.14. The minimum absolute atomic E-state index is 0.240. The highest BCUT2D eigenvalue weighted by Crippen LogP contribution is 2.29. The number of aliphatic hydroxyl groups excluding tert-OH is 1. The summed E-state index contributed by atoms with van der Waals surface area (Å²) >= 11 is 7.31. The lowest BCUT2D eigenvalue weighted by molar-refractivity contribution is -0.204. The molecule has 0 bridgehead atoms. The first kappa shape index (κ1) is 16.1. The lowest BCUT2D eigenvalue weighted by Crippen LogP contribution is -2.30. The van der Waals surface area contributed by atoms with E-state index in [2.05, 4.69) is 14.7 Å². The van der Waals surface area contributed by atoms with E-state index in [0.29, 0.717) is 10.8 Å². The highest BCUT2D eigenvalue weighted by atomic mass is 35.5. The largest absolute Gasteiger partial charge is 0.414 e. The maximum Gasteiger partial charge on any atom is 0.414 e. The minimum atomic E-state index is -4.71. The molecule has 0 aliphatic rings. The van der Waals surface area contributed by atoms with Crippen LogP contribution in [-0.2, 0) is 12.2 Å². The SMILES string of the molecule is OC(Cc1nc(CSc2ccccc2Cl)no1)C(F)(F)F. The molecule has 1 aromatic carbocycles. The van der Waals surface area contributed by atoms with Crippen LogP contribution >= 0.6 is 23.4 Å². The molecule has 0 fully saturated rings. The summed E-state index contributed by atoms with van der Waals surface area (Å²) < 4.78 is 41.3. The number of alkyl halides is 3. The van der Waals surface area contributed by atoms with Gasteiger partial charge < -0.3 is 9.63 Å². The van der Waals surface area contributed by atoms with Crippen molar-refractivity contribution in [2.45, 2.75) is 29.3 Å². The number of aliphatic hydroxyl groups is 1. The van der Waals surface area contributed by atoms with Gasteiger partial charge in [-0.1, -0.05) is 28.9 Å². The molecule has 1 heterocycles. The van der Waals surface area contributed by atoms with E-state index < -0.39 is 18.7 Å². The Kier molecular flexibility index (Phi) is 5.13. The first-order valence-electron chi connectivity index (χ1n) is 5.80. The summed E-state index contributed by atoms with van der Waals surface area (Å²) in [6.45, 7) is 0. The van der Waals surface area contributed by atoms with Crippen molar-refractivity contribution in [3.8, 4) is 0 Å². The average Bonchev–Trinajstić information content (AvgIpc) is 2.84. The van der Waals surface area contributed by atoms with Gasteiger partial charge in [0.15, 0.2) is 11.9 Å². The Morgan fingerprint density at radius 3 is 2.71 bits per heavy atom. The van der Waals surface area contributed by atoms with Crippen LogP contribution < -0.4 is 0 Å². The predicted molar refractivity (Wildman–Crippen MR) is 71.1 cm³/mol. The molecule has 114 valence electrons. The van der Waals surface area contributed by atoms with Gasteiger partial charge in [-0.05, 0) is 12.1 Å². The average molecular weight is 339 g/mol. The Morgan fingerprint density at radius 1 is 1.33 bits per heavy atom. The molecule has 1 atom stereocenters. The summed E-state index contributed by atoms with van der Waals surface area (Å²) in [5.74, 6) is 0.286. The highest BCUT2D eigenvalue weighted by Gasteiger charge is 2.39. The molecule has 1 aromatic heterocycles. The smallest absolute Gasteiger partial charge is 0.383 e. The van der Waals surface area contributed by atoms with Crippen LogP contribution in [0.15, 0.2) is 33.7 Å². The number of rotatable bonds is 5. The third-order valence-corrected chi connectivity index (χ3v) is 3.96. The van der Waals surface area contributed by atoms with E-state index in [4.69, 9.17) is 16.7 Å². The summed E-state index contributed by atoms with van der Waals surface area (Å²) in [7, 11) is 0. The van der Waals surface area contributed by atoms with E-state index in [0.717, 1.165) is 4.90 Å². The van der Waals surface area contributed by atoms with Gasteiger partial charge >= 0.3 is 6.18 Å². The van der Waals surface area contributed by atoms with Crippen molar-refractivity contribution in [2.24, 2.45) is 0 Å². The van der Waals surface area contributed by atoms with E-state index in [-0.39, 0.29) is 11.7 Å². The Balaban J connectivity index is 1.93. The van der Waals surface area contributed by atoms with Crippen LogP contribution in [0, 0.1) is 0 Å². The minimum Gasteiger partial charge on any atom is -0.383 e. The van der Waals surface area contributed by atoms with Crippen LogP contribution in [0.4, 0.5) is 13.2 Å². The molecule has 0 radical (unpaired) electrons. The summed E-state index contributed by atoms with van der Waals surface area (Å²) in [5, 5.41) is 13.1. The zero-order valence-electron chi connectivity index (χ0n) is 10.5. The van der Waals surface area contributed by atoms with Crippen LogP contribution in [-0.4, -0.2) is 27.5 Å². The van der Waals surface area contributed by atoms with Gasteiger partial charge in [0.25, 0.3) is 0 Å². The quantitative estimate of drug-likeness (QED) is 0.846. The van der Waals surface area contributed by atoms with E-state index in [9.17, 15) is 13.2 Å². The molecule has 21 heavy (non-hydrogen) atoms. The highest BCUT2D eigenvalue weighted by molar-refractivity contribution is 7.98. The third kappa shape index (κ3) is 4.62. The van der Waals surface area contributed by atoms with Gasteiger partial charge in [0.05, 0.1) is 17.2 Å². The molecule has 0 saturated heterocycles. The van der Waals surface area contributed by atoms with Crippen molar-refractivity contribution in [3.05, 3.63) is 41.0 Å². The number of hydrogen-bond acceptors (Lipinski definition) is 5. The van der Waals surface area contributed by atoms with E-state index in [1.165, 1.54) is 11.8 Å². The maximum absolute atomic E-state index is 12.2. The van der Waals surface area contributed by atoms with Gasteiger partial charge in [-0.3, -0.25) is 0 Å². The molecule has 0 saturated carbocycles. The Hall–Kier alpha value is -1.25. The van der Waals surface area contributed by atoms with Crippen molar-refractivity contribution in [1.29, 1.82) is 0 Å². The van der Waals surface area contributed by atoms with Crippen molar-refractivity contribution in [2.75, 3.05) is 0 Å². The number of hydrogen-bond donors (Lipinski definition) is 1. The molecular formula is C12H10ClF3N2O2S. The number of thioether (sulfide) groups is 1.